The Morgan fingerprint density at radius 3 is 2.74 bits per heavy atom. The molecule has 2 aromatic rings. The van der Waals surface area contributed by atoms with Crippen LogP contribution in [0.2, 0.25) is 0 Å². The van der Waals surface area contributed by atoms with Crippen molar-refractivity contribution in [3.63, 3.8) is 0 Å². The Bertz CT molecular complexity index is 546. The Hall–Kier alpha value is -0.910. The minimum atomic E-state index is -0.311. The fraction of sp³-hybridized carbons (Fsp3) is 0.286. The molecule has 19 heavy (non-hydrogen) atoms. The third kappa shape index (κ3) is 3.78. The van der Waals surface area contributed by atoms with Crippen LogP contribution >= 0.6 is 27.3 Å². The van der Waals surface area contributed by atoms with Gasteiger partial charge in [0.15, 0.2) is 0 Å². The first-order valence-corrected chi connectivity index (χ1v) is 7.64. The van der Waals surface area contributed by atoms with Crippen molar-refractivity contribution in [1.82, 2.24) is 0 Å². The molecule has 2 atom stereocenters. The number of thiophene rings is 1. The summed E-state index contributed by atoms with van der Waals surface area (Å²) >= 11 is 5.01. The molecule has 0 saturated carbocycles. The summed E-state index contributed by atoms with van der Waals surface area (Å²) in [5.41, 5.74) is 6.12. The van der Waals surface area contributed by atoms with Crippen LogP contribution in [0.5, 0.6) is 5.75 Å². The topological polar surface area (TPSA) is 35.2 Å². The normalized spacial score (nSPS) is 14.1. The van der Waals surface area contributed by atoms with Gasteiger partial charge in [-0.3, -0.25) is 0 Å². The summed E-state index contributed by atoms with van der Waals surface area (Å²) in [5.74, 6) is 0.187. The summed E-state index contributed by atoms with van der Waals surface area (Å²) in [4.78, 5) is 1.03. The fourth-order valence-corrected chi connectivity index (χ4v) is 3.27. The monoisotopic (exact) mass is 343 g/mol. The van der Waals surface area contributed by atoms with Crippen molar-refractivity contribution in [2.45, 2.75) is 25.5 Å². The van der Waals surface area contributed by atoms with Crippen molar-refractivity contribution >= 4 is 27.3 Å². The molecule has 0 saturated heterocycles. The molecule has 1 aromatic carbocycles. The van der Waals surface area contributed by atoms with Gasteiger partial charge in [0.1, 0.15) is 17.7 Å². The van der Waals surface area contributed by atoms with Crippen LogP contribution in [-0.4, -0.2) is 6.04 Å². The van der Waals surface area contributed by atoms with Crippen molar-refractivity contribution in [2.24, 2.45) is 5.73 Å². The average molecular weight is 344 g/mol. The smallest absolute Gasteiger partial charge is 0.148 e. The molecule has 0 radical (unpaired) electrons. The third-order valence-electron chi connectivity index (χ3n) is 2.79. The minimum absolute atomic E-state index is 0.131. The van der Waals surface area contributed by atoms with E-state index < -0.39 is 0 Å². The summed E-state index contributed by atoms with van der Waals surface area (Å²) in [6.45, 7) is 2.01. The average Bonchev–Trinajstić information content (AvgIpc) is 2.81. The molecule has 0 fully saturated rings. The molecule has 5 heteroatoms. The molecule has 2 unspecified atom stereocenters. The van der Waals surface area contributed by atoms with Crippen LogP contribution in [0.25, 0.3) is 0 Å². The van der Waals surface area contributed by atoms with Crippen molar-refractivity contribution < 1.29 is 9.13 Å². The molecular weight excluding hydrogens is 329 g/mol. The van der Waals surface area contributed by atoms with Gasteiger partial charge in [0.05, 0.1) is 3.79 Å². The maximum Gasteiger partial charge on any atom is 0.148 e. The maximum atomic E-state index is 13.2. The predicted molar refractivity (Wildman–Crippen MR) is 80.1 cm³/mol. The van der Waals surface area contributed by atoms with Crippen LogP contribution in [0.1, 0.15) is 24.3 Å². The van der Waals surface area contributed by atoms with Gasteiger partial charge in [-0.2, -0.15) is 0 Å². The molecule has 1 heterocycles. The molecule has 0 aliphatic carbocycles. The number of nitrogens with two attached hydrogens (primary N) is 1. The van der Waals surface area contributed by atoms with Crippen LogP contribution in [0.15, 0.2) is 40.2 Å². The quantitative estimate of drug-likeness (QED) is 0.866. The van der Waals surface area contributed by atoms with Crippen molar-refractivity contribution in [2.75, 3.05) is 0 Å². The van der Waals surface area contributed by atoms with Gasteiger partial charge >= 0.3 is 0 Å². The Kier molecular flexibility index (Phi) is 4.96. The van der Waals surface area contributed by atoms with E-state index in [0.717, 1.165) is 15.1 Å². The number of ether oxygens (including phenoxy) is 1. The zero-order valence-electron chi connectivity index (χ0n) is 10.5. The summed E-state index contributed by atoms with van der Waals surface area (Å²) in [6, 6.07) is 9.94. The lowest BCUT2D eigenvalue weighted by Gasteiger charge is -2.23. The van der Waals surface area contributed by atoms with E-state index in [9.17, 15) is 4.39 Å². The number of rotatable bonds is 5. The van der Waals surface area contributed by atoms with Crippen molar-refractivity contribution in [1.29, 1.82) is 0 Å². The van der Waals surface area contributed by atoms with Crippen LogP contribution in [-0.2, 0) is 0 Å². The summed E-state index contributed by atoms with van der Waals surface area (Å²) in [6.07, 6.45) is 0.526. The highest BCUT2D eigenvalue weighted by Gasteiger charge is 2.22. The molecule has 2 nitrogen and oxygen atoms in total. The zero-order chi connectivity index (χ0) is 13.8. The Balaban J connectivity index is 2.24. The van der Waals surface area contributed by atoms with Crippen LogP contribution in [0, 0.1) is 5.82 Å². The summed E-state index contributed by atoms with van der Waals surface area (Å²) < 4.78 is 20.1. The van der Waals surface area contributed by atoms with Gasteiger partial charge in [-0.05, 0) is 46.6 Å². The van der Waals surface area contributed by atoms with E-state index in [1.54, 1.807) is 23.5 Å². The third-order valence-corrected chi connectivity index (χ3v) is 4.48. The highest BCUT2D eigenvalue weighted by molar-refractivity contribution is 9.11. The molecule has 0 aliphatic heterocycles. The van der Waals surface area contributed by atoms with Crippen molar-refractivity contribution in [3.8, 4) is 5.75 Å². The first-order valence-electron chi connectivity index (χ1n) is 6.03. The van der Waals surface area contributed by atoms with E-state index in [0.29, 0.717) is 5.75 Å². The summed E-state index contributed by atoms with van der Waals surface area (Å²) in [5, 5.41) is 0. The molecular formula is C14H15BrFNOS. The van der Waals surface area contributed by atoms with E-state index in [1.807, 2.05) is 19.1 Å². The van der Waals surface area contributed by atoms with Gasteiger partial charge in [-0.15, -0.1) is 11.3 Å². The molecule has 1 aromatic heterocycles. The first kappa shape index (κ1) is 14.5. The first-order chi connectivity index (χ1) is 9.10. The van der Waals surface area contributed by atoms with Gasteiger partial charge in [0.2, 0.25) is 0 Å². The number of benzene rings is 1. The minimum Gasteiger partial charge on any atom is -0.483 e. The SMILES string of the molecule is CCC(N)C(Oc1cccc(F)c1)c1ccc(Br)s1. The maximum absolute atomic E-state index is 13.2. The van der Waals surface area contributed by atoms with E-state index >= 15 is 0 Å². The second-order valence-electron chi connectivity index (χ2n) is 4.21. The highest BCUT2D eigenvalue weighted by atomic mass is 79.9. The van der Waals surface area contributed by atoms with E-state index in [1.165, 1.54) is 12.1 Å². The fourth-order valence-electron chi connectivity index (χ4n) is 1.74. The molecule has 2 N–H and O–H groups in total. The Morgan fingerprint density at radius 2 is 2.16 bits per heavy atom. The molecule has 2 rings (SSSR count). The molecule has 102 valence electrons. The molecule has 0 bridgehead atoms. The number of hydrogen-bond acceptors (Lipinski definition) is 3. The molecule has 0 amide bonds. The number of hydrogen-bond donors (Lipinski definition) is 1. The van der Waals surface area contributed by atoms with Crippen molar-refractivity contribution in [3.05, 3.63) is 50.9 Å². The van der Waals surface area contributed by atoms with Crippen LogP contribution in [0.4, 0.5) is 4.39 Å². The van der Waals surface area contributed by atoms with Gasteiger partial charge in [-0.25, -0.2) is 4.39 Å². The van der Waals surface area contributed by atoms with Crippen LogP contribution in [0.3, 0.4) is 0 Å². The van der Waals surface area contributed by atoms with Crippen LogP contribution < -0.4 is 10.5 Å². The zero-order valence-corrected chi connectivity index (χ0v) is 12.9. The van der Waals surface area contributed by atoms with Gasteiger partial charge < -0.3 is 10.5 Å². The Labute approximate surface area is 124 Å². The van der Waals surface area contributed by atoms with Gasteiger partial charge in [0, 0.05) is 17.0 Å². The lowest BCUT2D eigenvalue weighted by molar-refractivity contribution is 0.174. The second-order valence-corrected chi connectivity index (χ2v) is 6.70. The van der Waals surface area contributed by atoms with Gasteiger partial charge in [-0.1, -0.05) is 13.0 Å². The Morgan fingerprint density at radius 1 is 1.37 bits per heavy atom. The highest BCUT2D eigenvalue weighted by Crippen LogP contribution is 2.32. The molecule has 0 spiro atoms. The largest absolute Gasteiger partial charge is 0.483 e. The van der Waals surface area contributed by atoms with E-state index in [-0.39, 0.29) is 18.0 Å². The summed E-state index contributed by atoms with van der Waals surface area (Å²) in [7, 11) is 0. The lowest BCUT2D eigenvalue weighted by atomic mass is 10.1. The van der Waals surface area contributed by atoms with E-state index in [4.69, 9.17) is 10.5 Å². The standard InChI is InChI=1S/C14H15BrFNOS/c1-2-11(17)14(12-6-7-13(15)19-12)18-10-5-3-4-9(16)8-10/h3-8,11,14H,2,17H2,1H3. The lowest BCUT2D eigenvalue weighted by Crippen LogP contribution is -2.30. The second kappa shape index (κ2) is 6.50. The predicted octanol–water partition coefficient (Wildman–Crippen LogP) is 4.51. The van der Waals surface area contributed by atoms with Gasteiger partial charge in [0.25, 0.3) is 0 Å². The van der Waals surface area contributed by atoms with E-state index in [2.05, 4.69) is 15.9 Å². The molecule has 0 aliphatic rings. The number of halogens is 2.